The zero-order chi connectivity index (χ0) is 9.56. The number of hydrogen-bond acceptors (Lipinski definition) is 2. The van der Waals surface area contributed by atoms with Gasteiger partial charge in [-0.2, -0.15) is 0 Å². The Morgan fingerprint density at radius 3 is 2.08 bits per heavy atom. The van der Waals surface area contributed by atoms with Gasteiger partial charge in [-0.15, -0.1) is 0 Å². The van der Waals surface area contributed by atoms with Gasteiger partial charge in [-0.1, -0.05) is 0 Å². The molecule has 1 saturated carbocycles. The van der Waals surface area contributed by atoms with Crippen LogP contribution in [0.3, 0.4) is 0 Å². The Hall–Kier alpha value is -1.26. The van der Waals surface area contributed by atoms with Crippen LogP contribution < -0.4 is 5.32 Å². The van der Waals surface area contributed by atoms with Crippen molar-refractivity contribution in [2.24, 2.45) is 0 Å². The van der Waals surface area contributed by atoms with E-state index in [-0.39, 0.29) is 0 Å². The van der Waals surface area contributed by atoms with Crippen LogP contribution in [0.25, 0.3) is 0 Å². The number of carbonyl (C=O) groups excluding carboxylic acids is 1. The van der Waals surface area contributed by atoms with E-state index in [1.807, 2.05) is 0 Å². The highest BCUT2D eigenvalue weighted by Gasteiger charge is 2.18. The third-order valence-electron chi connectivity index (χ3n) is 1.26. The number of nitrogens with zero attached hydrogens (tertiary/aromatic N) is 1. The lowest BCUT2D eigenvalue weighted by Gasteiger charge is -1.99. The second-order valence-electron chi connectivity index (χ2n) is 2.74. The molecule has 2 N–H and O–H groups in total. The van der Waals surface area contributed by atoms with E-state index in [9.17, 15) is 9.59 Å². The van der Waals surface area contributed by atoms with Crippen molar-refractivity contribution in [1.29, 1.82) is 0 Å². The molecule has 0 radical (unpaired) electrons. The quantitative estimate of drug-likeness (QED) is 0.584. The third-order valence-corrected chi connectivity index (χ3v) is 1.26. The smallest absolute Gasteiger partial charge is 0.406 e. The zero-order valence-electron chi connectivity index (χ0n) is 7.28. The zero-order valence-corrected chi connectivity index (χ0v) is 7.28. The van der Waals surface area contributed by atoms with Crippen molar-refractivity contribution in [2.75, 3.05) is 14.1 Å². The average molecular weight is 174 g/mol. The number of amides is 2. The number of carbonyl (C=O) groups is 2. The summed E-state index contributed by atoms with van der Waals surface area (Å²) >= 11 is 0. The third kappa shape index (κ3) is 6.85. The van der Waals surface area contributed by atoms with Gasteiger partial charge in [0.2, 0.25) is 6.41 Å². The minimum Gasteiger partial charge on any atom is -0.465 e. The van der Waals surface area contributed by atoms with Gasteiger partial charge < -0.3 is 15.3 Å². The van der Waals surface area contributed by atoms with Crippen molar-refractivity contribution in [3.63, 3.8) is 0 Å². The van der Waals surface area contributed by atoms with E-state index < -0.39 is 6.09 Å². The van der Waals surface area contributed by atoms with Gasteiger partial charge in [-0.05, 0) is 12.8 Å². The lowest BCUT2D eigenvalue weighted by atomic mass is 10.7. The summed E-state index contributed by atoms with van der Waals surface area (Å²) in [5, 5.41) is 10.6. The van der Waals surface area contributed by atoms with Crippen molar-refractivity contribution in [3.05, 3.63) is 0 Å². The van der Waals surface area contributed by atoms with Crippen LogP contribution in [0.1, 0.15) is 12.8 Å². The lowest BCUT2D eigenvalue weighted by Crippen LogP contribution is -2.18. The van der Waals surface area contributed by atoms with E-state index >= 15 is 0 Å². The average Bonchev–Trinajstić information content (AvgIpc) is 2.73. The minimum atomic E-state index is -0.907. The molecule has 0 spiro atoms. The highest BCUT2D eigenvalue weighted by Crippen LogP contribution is 2.17. The number of carboxylic acid groups (broad SMARTS) is 1. The molecule has 0 heterocycles. The van der Waals surface area contributed by atoms with Crippen LogP contribution in [0, 0.1) is 0 Å². The van der Waals surface area contributed by atoms with Crippen LogP contribution in [0.15, 0.2) is 0 Å². The monoisotopic (exact) mass is 174 g/mol. The molecule has 0 aromatic rings. The van der Waals surface area contributed by atoms with Gasteiger partial charge in [0.25, 0.3) is 0 Å². The second kappa shape index (κ2) is 5.40. The fourth-order valence-electron chi connectivity index (χ4n) is 0.346. The Labute approximate surface area is 71.4 Å². The van der Waals surface area contributed by atoms with Crippen LogP contribution in [0.2, 0.25) is 0 Å². The molecule has 1 aliphatic carbocycles. The summed E-state index contributed by atoms with van der Waals surface area (Å²) in [6, 6.07) is 0.530. The molecule has 0 aromatic carbocycles. The van der Waals surface area contributed by atoms with Gasteiger partial charge >= 0.3 is 6.09 Å². The van der Waals surface area contributed by atoms with Crippen molar-refractivity contribution in [3.8, 4) is 0 Å². The summed E-state index contributed by atoms with van der Waals surface area (Å²) in [5.74, 6) is 0. The molecule has 12 heavy (non-hydrogen) atoms. The minimum absolute atomic E-state index is 0.530. The first-order chi connectivity index (χ1) is 5.57. The summed E-state index contributed by atoms with van der Waals surface area (Å²) in [6.07, 6.45) is 2.21. The molecule has 0 atom stereocenters. The molecule has 70 valence electrons. The molecule has 1 fully saturated rings. The molecule has 0 unspecified atom stereocenters. The van der Waals surface area contributed by atoms with E-state index in [0.29, 0.717) is 6.04 Å². The van der Waals surface area contributed by atoms with Crippen LogP contribution in [-0.4, -0.2) is 42.6 Å². The highest BCUT2D eigenvalue weighted by atomic mass is 16.4. The van der Waals surface area contributed by atoms with E-state index in [2.05, 4.69) is 5.32 Å². The summed E-state index contributed by atoms with van der Waals surface area (Å²) in [4.78, 5) is 20.3. The number of nitrogens with one attached hydrogen (secondary N) is 1. The van der Waals surface area contributed by atoms with Gasteiger partial charge in [0.15, 0.2) is 0 Å². The number of rotatable bonds is 2. The molecule has 0 bridgehead atoms. The highest BCUT2D eigenvalue weighted by molar-refractivity contribution is 5.63. The second-order valence-corrected chi connectivity index (χ2v) is 2.74. The predicted molar refractivity (Wildman–Crippen MR) is 43.9 cm³/mol. The first-order valence-corrected chi connectivity index (χ1v) is 3.68. The van der Waals surface area contributed by atoms with Gasteiger partial charge in [0.05, 0.1) is 0 Å². The molecule has 0 aromatic heterocycles. The maximum atomic E-state index is 9.62. The van der Waals surface area contributed by atoms with E-state index in [1.54, 1.807) is 0 Å². The summed E-state index contributed by atoms with van der Waals surface area (Å²) in [6.45, 7) is 0. The Morgan fingerprint density at radius 1 is 1.58 bits per heavy atom. The van der Waals surface area contributed by atoms with Crippen LogP contribution in [0.5, 0.6) is 0 Å². The topological polar surface area (TPSA) is 69.6 Å². The van der Waals surface area contributed by atoms with E-state index in [0.717, 1.165) is 11.3 Å². The Kier molecular flexibility index (Phi) is 4.83. The SMILES string of the molecule is CN(C)C(=O)O.O=CNC1CC1. The van der Waals surface area contributed by atoms with Crippen molar-refractivity contribution < 1.29 is 14.7 Å². The van der Waals surface area contributed by atoms with Crippen LogP contribution in [-0.2, 0) is 4.79 Å². The molecule has 0 saturated heterocycles. The van der Waals surface area contributed by atoms with Crippen LogP contribution in [0.4, 0.5) is 4.79 Å². The van der Waals surface area contributed by atoms with Crippen molar-refractivity contribution in [1.82, 2.24) is 10.2 Å². The molecule has 1 rings (SSSR count). The standard InChI is InChI=1S/C4H7NO.C3H7NO2/c6-3-5-4-1-2-4;1-4(2)3(5)6/h3-4H,1-2H2,(H,5,6);1-2H3,(H,5,6). The largest absolute Gasteiger partial charge is 0.465 e. The van der Waals surface area contributed by atoms with E-state index in [4.69, 9.17) is 5.11 Å². The Balaban J connectivity index is 0.000000202. The maximum Gasteiger partial charge on any atom is 0.406 e. The molecule has 1 aliphatic rings. The number of hydrogen-bond donors (Lipinski definition) is 2. The van der Waals surface area contributed by atoms with Gasteiger partial charge in [-0.25, -0.2) is 4.79 Å². The Bertz CT molecular complexity index is 155. The van der Waals surface area contributed by atoms with Crippen molar-refractivity contribution >= 4 is 12.5 Å². The first kappa shape index (κ1) is 10.7. The summed E-state index contributed by atoms with van der Waals surface area (Å²) < 4.78 is 0. The fourth-order valence-corrected chi connectivity index (χ4v) is 0.346. The Morgan fingerprint density at radius 2 is 2.00 bits per heavy atom. The predicted octanol–water partition coefficient (Wildman–Crippen LogP) is 0.121. The lowest BCUT2D eigenvalue weighted by molar-refractivity contribution is -0.109. The normalized spacial score (nSPS) is 13.8. The van der Waals surface area contributed by atoms with Gasteiger partial charge in [0, 0.05) is 20.1 Å². The van der Waals surface area contributed by atoms with Crippen LogP contribution >= 0.6 is 0 Å². The molecular formula is C7H14N2O3. The molecule has 0 aliphatic heterocycles. The first-order valence-electron chi connectivity index (χ1n) is 3.68. The summed E-state index contributed by atoms with van der Waals surface area (Å²) in [5.41, 5.74) is 0. The van der Waals surface area contributed by atoms with Crippen molar-refractivity contribution in [2.45, 2.75) is 18.9 Å². The van der Waals surface area contributed by atoms with Gasteiger partial charge in [-0.3, -0.25) is 4.79 Å². The molecular weight excluding hydrogens is 160 g/mol. The van der Waals surface area contributed by atoms with E-state index in [1.165, 1.54) is 26.9 Å². The summed E-state index contributed by atoms with van der Waals surface area (Å²) in [7, 11) is 2.95. The fraction of sp³-hybridized carbons (Fsp3) is 0.714. The van der Waals surface area contributed by atoms with Gasteiger partial charge in [0.1, 0.15) is 0 Å². The maximum absolute atomic E-state index is 9.62. The molecule has 5 nitrogen and oxygen atoms in total. The molecule has 5 heteroatoms. The molecule has 2 amide bonds.